The Kier molecular flexibility index (Phi) is 4.83. The van der Waals surface area contributed by atoms with Crippen molar-refractivity contribution in [3.8, 4) is 0 Å². The van der Waals surface area contributed by atoms with Crippen molar-refractivity contribution in [1.82, 2.24) is 9.55 Å². The maximum Gasteiger partial charge on any atom is 0.281 e. The van der Waals surface area contributed by atoms with E-state index in [1.165, 1.54) is 28.7 Å². The average Bonchev–Trinajstić information content (AvgIpc) is 2.96. The van der Waals surface area contributed by atoms with E-state index < -0.39 is 0 Å². The van der Waals surface area contributed by atoms with Crippen molar-refractivity contribution in [2.75, 3.05) is 0 Å². The van der Waals surface area contributed by atoms with Crippen LogP contribution in [0.5, 0.6) is 0 Å². The molecule has 116 valence electrons. The van der Waals surface area contributed by atoms with Gasteiger partial charge in [-0.15, -0.1) is 11.3 Å². The fraction of sp³-hybridized carbons (Fsp3) is 0.118. The van der Waals surface area contributed by atoms with E-state index in [2.05, 4.69) is 57.1 Å². The number of benzene rings is 1. The molecule has 0 aliphatic carbocycles. The summed E-state index contributed by atoms with van der Waals surface area (Å²) in [4.78, 5) is 21.2. The number of carbonyl (C=O) groups is 1. The van der Waals surface area contributed by atoms with Crippen LogP contribution in [-0.4, -0.2) is 15.5 Å². The molecule has 1 amide bonds. The first kappa shape index (κ1) is 15.8. The van der Waals surface area contributed by atoms with Crippen molar-refractivity contribution in [2.24, 2.45) is 4.99 Å². The van der Waals surface area contributed by atoms with Crippen LogP contribution in [0.3, 0.4) is 0 Å². The molecule has 0 saturated carbocycles. The lowest BCUT2D eigenvalue weighted by atomic mass is 10.1. The number of carbonyl (C=O) groups excluding carboxylic acids is 1. The summed E-state index contributed by atoms with van der Waals surface area (Å²) in [5, 5.41) is 1.93. The number of pyridine rings is 1. The molecule has 0 saturated heterocycles. The van der Waals surface area contributed by atoms with Gasteiger partial charge < -0.3 is 4.57 Å². The van der Waals surface area contributed by atoms with Gasteiger partial charge in [0.15, 0.2) is 4.80 Å². The van der Waals surface area contributed by atoms with E-state index in [1.54, 1.807) is 12.3 Å². The monoisotopic (exact) mass is 387 g/mol. The smallest absolute Gasteiger partial charge is 0.281 e. The highest BCUT2D eigenvalue weighted by Gasteiger charge is 2.06. The number of hydrogen-bond donors (Lipinski definition) is 0. The van der Waals surface area contributed by atoms with Gasteiger partial charge in [0, 0.05) is 35.0 Å². The SMILES string of the molecule is Cc1ccc(Cn2ccsc2=NC(=O)c2cncc(Br)c2)cc1. The quantitative estimate of drug-likeness (QED) is 0.685. The van der Waals surface area contributed by atoms with Crippen molar-refractivity contribution in [1.29, 1.82) is 0 Å². The van der Waals surface area contributed by atoms with Crippen LogP contribution in [-0.2, 0) is 6.54 Å². The minimum absolute atomic E-state index is 0.293. The molecule has 1 aromatic carbocycles. The molecule has 6 heteroatoms. The average molecular weight is 388 g/mol. The third-order valence-electron chi connectivity index (χ3n) is 3.28. The largest absolute Gasteiger partial charge is 0.319 e. The van der Waals surface area contributed by atoms with E-state index >= 15 is 0 Å². The van der Waals surface area contributed by atoms with Gasteiger partial charge in [-0.1, -0.05) is 29.8 Å². The third-order valence-corrected chi connectivity index (χ3v) is 4.51. The predicted octanol–water partition coefficient (Wildman–Crippen LogP) is 3.80. The molecular formula is C17H14BrN3OS. The summed E-state index contributed by atoms with van der Waals surface area (Å²) in [6, 6.07) is 10.1. The zero-order chi connectivity index (χ0) is 16.2. The molecule has 3 aromatic rings. The van der Waals surface area contributed by atoms with Gasteiger partial charge in [-0.3, -0.25) is 9.78 Å². The standard InChI is InChI=1S/C17H14BrN3OS/c1-12-2-4-13(5-3-12)11-21-6-7-23-17(21)20-16(22)14-8-15(18)10-19-9-14/h2-10H,11H2,1H3. The molecule has 3 rings (SSSR count). The first-order valence-electron chi connectivity index (χ1n) is 7.01. The Morgan fingerprint density at radius 1 is 1.30 bits per heavy atom. The molecule has 23 heavy (non-hydrogen) atoms. The van der Waals surface area contributed by atoms with Gasteiger partial charge >= 0.3 is 0 Å². The van der Waals surface area contributed by atoms with E-state index in [1.807, 2.05) is 16.1 Å². The molecule has 0 radical (unpaired) electrons. The van der Waals surface area contributed by atoms with Crippen LogP contribution in [0.1, 0.15) is 21.5 Å². The second-order valence-electron chi connectivity index (χ2n) is 5.11. The van der Waals surface area contributed by atoms with Gasteiger partial charge in [-0.2, -0.15) is 4.99 Å². The molecule has 0 aliphatic heterocycles. The molecule has 0 atom stereocenters. The summed E-state index contributed by atoms with van der Waals surface area (Å²) in [7, 11) is 0. The van der Waals surface area contributed by atoms with Crippen molar-refractivity contribution in [3.05, 3.63) is 80.3 Å². The Balaban J connectivity index is 1.88. The number of nitrogens with zero attached hydrogens (tertiary/aromatic N) is 3. The second kappa shape index (κ2) is 7.02. The lowest BCUT2D eigenvalue weighted by Crippen LogP contribution is -2.17. The van der Waals surface area contributed by atoms with Gasteiger partial charge in [-0.05, 0) is 34.5 Å². The van der Waals surface area contributed by atoms with Crippen LogP contribution in [0.25, 0.3) is 0 Å². The Hall–Kier alpha value is -2.05. The lowest BCUT2D eigenvalue weighted by Gasteiger charge is -2.04. The summed E-state index contributed by atoms with van der Waals surface area (Å²) in [6.45, 7) is 2.75. The fourth-order valence-electron chi connectivity index (χ4n) is 2.08. The summed E-state index contributed by atoms with van der Waals surface area (Å²) in [5.74, 6) is -0.293. The van der Waals surface area contributed by atoms with Crippen LogP contribution in [0.15, 0.2) is 63.8 Å². The summed E-state index contributed by atoms with van der Waals surface area (Å²) in [6.07, 6.45) is 5.10. The van der Waals surface area contributed by atoms with E-state index in [4.69, 9.17) is 0 Å². The number of hydrogen-bond acceptors (Lipinski definition) is 3. The zero-order valence-corrected chi connectivity index (χ0v) is 14.8. The van der Waals surface area contributed by atoms with Crippen molar-refractivity contribution in [2.45, 2.75) is 13.5 Å². The molecule has 0 unspecified atom stereocenters. The second-order valence-corrected chi connectivity index (χ2v) is 6.90. The van der Waals surface area contributed by atoms with Crippen LogP contribution in [0, 0.1) is 6.92 Å². The number of halogens is 1. The number of aryl methyl sites for hydroxylation is 1. The predicted molar refractivity (Wildman–Crippen MR) is 94.4 cm³/mol. The van der Waals surface area contributed by atoms with Crippen molar-refractivity contribution < 1.29 is 4.79 Å². The molecule has 0 N–H and O–H groups in total. The minimum atomic E-state index is -0.293. The maximum atomic E-state index is 12.3. The summed E-state index contributed by atoms with van der Waals surface area (Å²) >= 11 is 4.76. The topological polar surface area (TPSA) is 47.2 Å². The molecular weight excluding hydrogens is 374 g/mol. The fourth-order valence-corrected chi connectivity index (χ4v) is 3.17. The van der Waals surface area contributed by atoms with Gasteiger partial charge in [0.05, 0.1) is 5.56 Å². The Morgan fingerprint density at radius 2 is 2.09 bits per heavy atom. The first-order chi connectivity index (χ1) is 11.1. The molecule has 0 spiro atoms. The van der Waals surface area contributed by atoms with E-state index in [0.717, 1.165) is 4.47 Å². The number of rotatable bonds is 3. The normalized spacial score (nSPS) is 11.7. The number of amides is 1. The maximum absolute atomic E-state index is 12.3. The lowest BCUT2D eigenvalue weighted by molar-refractivity contribution is 0.0997. The van der Waals surface area contributed by atoms with E-state index in [9.17, 15) is 4.79 Å². The molecule has 0 bridgehead atoms. The Bertz CT molecular complexity index is 896. The first-order valence-corrected chi connectivity index (χ1v) is 8.68. The molecule has 0 aliphatic rings. The van der Waals surface area contributed by atoms with Gasteiger partial charge in [0.2, 0.25) is 0 Å². The Morgan fingerprint density at radius 3 is 2.83 bits per heavy atom. The summed E-state index contributed by atoms with van der Waals surface area (Å²) < 4.78 is 2.73. The number of thiazole rings is 1. The van der Waals surface area contributed by atoms with Gasteiger partial charge in [0.1, 0.15) is 0 Å². The molecule has 0 fully saturated rings. The highest BCUT2D eigenvalue weighted by atomic mass is 79.9. The van der Waals surface area contributed by atoms with Gasteiger partial charge in [0.25, 0.3) is 5.91 Å². The van der Waals surface area contributed by atoms with Crippen molar-refractivity contribution in [3.63, 3.8) is 0 Å². The van der Waals surface area contributed by atoms with Crippen LogP contribution in [0.2, 0.25) is 0 Å². The molecule has 2 heterocycles. The Labute approximate surface area is 146 Å². The third kappa shape index (κ3) is 4.03. The molecule has 4 nitrogen and oxygen atoms in total. The van der Waals surface area contributed by atoms with E-state index in [-0.39, 0.29) is 5.91 Å². The minimum Gasteiger partial charge on any atom is -0.319 e. The molecule has 2 aromatic heterocycles. The van der Waals surface area contributed by atoms with Crippen LogP contribution < -0.4 is 4.80 Å². The van der Waals surface area contributed by atoms with E-state index in [0.29, 0.717) is 16.9 Å². The highest BCUT2D eigenvalue weighted by Crippen LogP contribution is 2.10. The van der Waals surface area contributed by atoms with Gasteiger partial charge in [-0.25, -0.2) is 0 Å². The van der Waals surface area contributed by atoms with Crippen LogP contribution >= 0.6 is 27.3 Å². The number of aromatic nitrogens is 2. The van der Waals surface area contributed by atoms with Crippen molar-refractivity contribution >= 4 is 33.2 Å². The highest BCUT2D eigenvalue weighted by molar-refractivity contribution is 9.10. The van der Waals surface area contributed by atoms with Crippen LogP contribution in [0.4, 0.5) is 0 Å². The zero-order valence-electron chi connectivity index (χ0n) is 12.4. The summed E-state index contributed by atoms with van der Waals surface area (Å²) in [5.41, 5.74) is 2.87.